The monoisotopic (exact) mass is 345 g/mol. The molecular weight excluding hydrogens is 329 g/mol. The number of carbonyl (C=O) groups is 1. The summed E-state index contributed by atoms with van der Waals surface area (Å²) in [5, 5.41) is 12.8. The van der Waals surface area contributed by atoms with Gasteiger partial charge >= 0.3 is 0 Å². The van der Waals surface area contributed by atoms with Crippen LogP contribution in [-0.4, -0.2) is 29.8 Å². The molecule has 0 bridgehead atoms. The number of aliphatic hydroxyl groups is 1. The van der Waals surface area contributed by atoms with Crippen molar-refractivity contribution in [2.45, 2.75) is 31.3 Å². The van der Waals surface area contributed by atoms with Gasteiger partial charge in [-0.2, -0.15) is 0 Å². The number of carbonyl (C=O) groups excluding carboxylic acids is 1. The Morgan fingerprint density at radius 3 is 2.80 bits per heavy atom. The van der Waals surface area contributed by atoms with Gasteiger partial charge in [0.15, 0.2) is 6.61 Å². The Kier molecular flexibility index (Phi) is 4.99. The van der Waals surface area contributed by atoms with Crippen molar-refractivity contribution in [1.29, 1.82) is 0 Å². The lowest BCUT2D eigenvalue weighted by molar-refractivity contribution is -0.124. The first-order chi connectivity index (χ1) is 9.48. The van der Waals surface area contributed by atoms with Gasteiger partial charge in [0.1, 0.15) is 11.6 Å². The van der Waals surface area contributed by atoms with E-state index in [1.54, 1.807) is 0 Å². The van der Waals surface area contributed by atoms with Gasteiger partial charge in [-0.3, -0.25) is 4.79 Å². The zero-order valence-electron chi connectivity index (χ0n) is 11.0. The van der Waals surface area contributed by atoms with Gasteiger partial charge in [-0.15, -0.1) is 0 Å². The van der Waals surface area contributed by atoms with Crippen LogP contribution >= 0.6 is 15.9 Å². The van der Waals surface area contributed by atoms with Gasteiger partial charge in [0.05, 0.1) is 10.1 Å². The van der Waals surface area contributed by atoms with E-state index >= 15 is 0 Å². The highest BCUT2D eigenvalue weighted by atomic mass is 79.9. The van der Waals surface area contributed by atoms with Crippen LogP contribution in [0.15, 0.2) is 22.7 Å². The van der Waals surface area contributed by atoms with Crippen LogP contribution in [0.4, 0.5) is 4.39 Å². The number of ether oxygens (including phenoxy) is 1. The topological polar surface area (TPSA) is 58.6 Å². The number of nitrogens with one attached hydrogen (secondary N) is 1. The van der Waals surface area contributed by atoms with Crippen LogP contribution in [0.5, 0.6) is 5.75 Å². The molecule has 20 heavy (non-hydrogen) atoms. The highest BCUT2D eigenvalue weighted by molar-refractivity contribution is 9.10. The van der Waals surface area contributed by atoms with E-state index in [0.29, 0.717) is 10.2 Å². The van der Waals surface area contributed by atoms with Crippen LogP contribution in [0.3, 0.4) is 0 Å². The maximum absolute atomic E-state index is 12.9. The summed E-state index contributed by atoms with van der Waals surface area (Å²) < 4.78 is 18.6. The molecule has 1 aromatic rings. The van der Waals surface area contributed by atoms with E-state index in [0.717, 1.165) is 25.7 Å². The number of halogens is 2. The number of hydrogen-bond acceptors (Lipinski definition) is 3. The fraction of sp³-hybridized carbons (Fsp3) is 0.500. The molecule has 0 spiro atoms. The van der Waals surface area contributed by atoms with Crippen molar-refractivity contribution in [3.05, 3.63) is 28.5 Å². The van der Waals surface area contributed by atoms with Crippen molar-refractivity contribution < 1.29 is 19.0 Å². The lowest BCUT2D eigenvalue weighted by atomic mass is 10.0. The second-order valence-corrected chi connectivity index (χ2v) is 5.93. The Bertz CT molecular complexity index is 489. The predicted molar refractivity (Wildman–Crippen MR) is 76.0 cm³/mol. The van der Waals surface area contributed by atoms with Crippen molar-refractivity contribution in [3.63, 3.8) is 0 Å². The zero-order valence-corrected chi connectivity index (χ0v) is 12.6. The van der Waals surface area contributed by atoms with Crippen molar-refractivity contribution in [1.82, 2.24) is 5.32 Å². The summed E-state index contributed by atoms with van der Waals surface area (Å²) in [5.74, 6) is -0.278. The number of amides is 1. The molecule has 0 aromatic heterocycles. The molecule has 1 aliphatic carbocycles. The van der Waals surface area contributed by atoms with E-state index in [9.17, 15) is 14.3 Å². The Labute approximate surface area is 125 Å². The largest absolute Gasteiger partial charge is 0.483 e. The molecule has 0 radical (unpaired) electrons. The molecule has 0 atom stereocenters. The quantitative estimate of drug-likeness (QED) is 0.861. The maximum Gasteiger partial charge on any atom is 0.258 e. The molecule has 0 unspecified atom stereocenters. The molecule has 4 nitrogen and oxygen atoms in total. The second kappa shape index (κ2) is 6.54. The fourth-order valence-corrected chi connectivity index (χ4v) is 2.72. The van der Waals surface area contributed by atoms with E-state index in [2.05, 4.69) is 21.2 Å². The predicted octanol–water partition coefficient (Wildman–Crippen LogP) is 2.39. The van der Waals surface area contributed by atoms with Crippen LogP contribution in [0, 0.1) is 5.82 Å². The lowest BCUT2D eigenvalue weighted by Crippen LogP contribution is -2.42. The molecule has 2 N–H and O–H groups in total. The maximum atomic E-state index is 12.9. The molecule has 0 aliphatic heterocycles. The summed E-state index contributed by atoms with van der Waals surface area (Å²) in [6.45, 7) is 0.0834. The highest BCUT2D eigenvalue weighted by Crippen LogP contribution is 2.28. The number of hydrogen-bond donors (Lipinski definition) is 2. The minimum Gasteiger partial charge on any atom is -0.483 e. The molecule has 1 amide bonds. The minimum absolute atomic E-state index is 0.166. The Hall–Kier alpha value is -1.14. The molecule has 6 heteroatoms. The smallest absolute Gasteiger partial charge is 0.258 e. The fourth-order valence-electron chi connectivity index (χ4n) is 2.26. The molecule has 0 heterocycles. The van der Waals surface area contributed by atoms with Gasteiger partial charge in [0, 0.05) is 6.54 Å². The summed E-state index contributed by atoms with van der Waals surface area (Å²) in [5.41, 5.74) is -0.772. The van der Waals surface area contributed by atoms with Gasteiger partial charge in [-0.05, 0) is 47.0 Å². The summed E-state index contributed by atoms with van der Waals surface area (Å²) in [6.07, 6.45) is 3.42. The Balaban J connectivity index is 1.77. The van der Waals surface area contributed by atoms with Gasteiger partial charge in [-0.1, -0.05) is 12.8 Å². The summed E-state index contributed by atoms with van der Waals surface area (Å²) >= 11 is 3.16. The van der Waals surface area contributed by atoms with Gasteiger partial charge in [-0.25, -0.2) is 4.39 Å². The SMILES string of the molecule is O=C(COc1ccc(F)cc1Br)NCC1(O)CCCC1. The molecule has 1 aromatic carbocycles. The summed E-state index contributed by atoms with van der Waals surface area (Å²) in [6, 6.07) is 3.99. The lowest BCUT2D eigenvalue weighted by Gasteiger charge is -2.22. The third-order valence-corrected chi connectivity index (χ3v) is 4.02. The average Bonchev–Trinajstić information content (AvgIpc) is 2.83. The van der Waals surface area contributed by atoms with Gasteiger partial charge in [0.2, 0.25) is 0 Å². The van der Waals surface area contributed by atoms with E-state index in [1.165, 1.54) is 18.2 Å². The van der Waals surface area contributed by atoms with Crippen LogP contribution in [0.1, 0.15) is 25.7 Å². The van der Waals surface area contributed by atoms with Crippen molar-refractivity contribution in [2.24, 2.45) is 0 Å². The molecule has 1 fully saturated rings. The van der Waals surface area contributed by atoms with Crippen LogP contribution in [-0.2, 0) is 4.79 Å². The average molecular weight is 346 g/mol. The standard InChI is InChI=1S/C14H17BrFNO3/c15-11-7-10(16)3-4-12(11)20-8-13(18)17-9-14(19)5-1-2-6-14/h3-4,7,19H,1-2,5-6,8-9H2,(H,17,18). The van der Waals surface area contributed by atoms with Gasteiger partial charge < -0.3 is 15.2 Å². The van der Waals surface area contributed by atoms with Crippen molar-refractivity contribution in [2.75, 3.05) is 13.2 Å². The second-order valence-electron chi connectivity index (χ2n) is 5.07. The van der Waals surface area contributed by atoms with Crippen LogP contribution in [0.2, 0.25) is 0 Å². The minimum atomic E-state index is -0.772. The first-order valence-corrected chi connectivity index (χ1v) is 7.35. The zero-order chi connectivity index (χ0) is 14.6. The van der Waals surface area contributed by atoms with Crippen LogP contribution in [0.25, 0.3) is 0 Å². The molecule has 1 aliphatic rings. The molecular formula is C14H17BrFNO3. The van der Waals surface area contributed by atoms with Crippen LogP contribution < -0.4 is 10.1 Å². The third-order valence-electron chi connectivity index (χ3n) is 3.40. The van der Waals surface area contributed by atoms with Crippen molar-refractivity contribution >= 4 is 21.8 Å². The first-order valence-electron chi connectivity index (χ1n) is 6.55. The molecule has 110 valence electrons. The van der Waals surface area contributed by atoms with E-state index in [1.807, 2.05) is 0 Å². The Morgan fingerprint density at radius 1 is 1.45 bits per heavy atom. The summed E-state index contributed by atoms with van der Waals surface area (Å²) in [7, 11) is 0. The highest BCUT2D eigenvalue weighted by Gasteiger charge is 2.31. The third kappa shape index (κ3) is 4.18. The Morgan fingerprint density at radius 2 is 2.15 bits per heavy atom. The van der Waals surface area contributed by atoms with Gasteiger partial charge in [0.25, 0.3) is 5.91 Å². The summed E-state index contributed by atoms with van der Waals surface area (Å²) in [4.78, 5) is 11.7. The number of benzene rings is 1. The molecule has 2 rings (SSSR count). The number of rotatable bonds is 5. The molecule has 1 saturated carbocycles. The van der Waals surface area contributed by atoms with E-state index < -0.39 is 5.60 Å². The van der Waals surface area contributed by atoms with E-state index in [4.69, 9.17) is 4.74 Å². The van der Waals surface area contributed by atoms with Crippen molar-refractivity contribution in [3.8, 4) is 5.75 Å². The first kappa shape index (κ1) is 15.3. The normalized spacial score (nSPS) is 16.9. The molecule has 0 saturated heterocycles. The van der Waals surface area contributed by atoms with E-state index in [-0.39, 0.29) is 24.9 Å².